The van der Waals surface area contributed by atoms with E-state index < -0.39 is 0 Å². The van der Waals surface area contributed by atoms with Gasteiger partial charge in [-0.25, -0.2) is 0 Å². The Kier molecular flexibility index (Phi) is 5.32. The molecule has 0 aliphatic heterocycles. The lowest BCUT2D eigenvalue weighted by molar-refractivity contribution is -0.114. The fraction of sp³-hybridized carbons (Fsp3) is 0.385. The van der Waals surface area contributed by atoms with E-state index in [1.165, 1.54) is 6.92 Å². The van der Waals surface area contributed by atoms with Crippen molar-refractivity contribution in [3.05, 3.63) is 29.8 Å². The van der Waals surface area contributed by atoms with Gasteiger partial charge in [-0.3, -0.25) is 9.59 Å². The number of amides is 2. The highest BCUT2D eigenvalue weighted by Crippen LogP contribution is 2.12. The Balaban J connectivity index is 2.88. The van der Waals surface area contributed by atoms with Crippen LogP contribution in [0.4, 0.5) is 5.69 Å². The van der Waals surface area contributed by atoms with Gasteiger partial charge in [0.05, 0.1) is 6.61 Å². The van der Waals surface area contributed by atoms with Gasteiger partial charge in [0, 0.05) is 31.3 Å². The number of benzene rings is 1. The molecular formula is C13H18N2O3. The van der Waals surface area contributed by atoms with Crippen molar-refractivity contribution in [1.29, 1.82) is 0 Å². The minimum Gasteiger partial charge on any atom is -0.395 e. The number of anilines is 1. The number of hydrogen-bond donors (Lipinski definition) is 2. The molecule has 2 N–H and O–H groups in total. The second-order valence-corrected chi connectivity index (χ2v) is 3.87. The maximum absolute atomic E-state index is 12.1. The van der Waals surface area contributed by atoms with Crippen molar-refractivity contribution in [1.82, 2.24) is 4.90 Å². The highest BCUT2D eigenvalue weighted by atomic mass is 16.3. The van der Waals surface area contributed by atoms with Crippen LogP contribution in [0.15, 0.2) is 24.3 Å². The zero-order chi connectivity index (χ0) is 13.5. The second kappa shape index (κ2) is 6.76. The summed E-state index contributed by atoms with van der Waals surface area (Å²) < 4.78 is 0. The first kappa shape index (κ1) is 14.2. The lowest BCUT2D eigenvalue weighted by atomic mass is 10.1. The van der Waals surface area contributed by atoms with Crippen LogP contribution < -0.4 is 5.32 Å². The molecule has 0 atom stereocenters. The summed E-state index contributed by atoms with van der Waals surface area (Å²) >= 11 is 0. The van der Waals surface area contributed by atoms with E-state index in [1.54, 1.807) is 29.2 Å². The fourth-order valence-electron chi connectivity index (χ4n) is 1.64. The summed E-state index contributed by atoms with van der Waals surface area (Å²) in [6.07, 6.45) is 0. The summed E-state index contributed by atoms with van der Waals surface area (Å²) in [6.45, 7) is 4.04. The predicted molar refractivity (Wildman–Crippen MR) is 69.4 cm³/mol. The lowest BCUT2D eigenvalue weighted by Gasteiger charge is -2.19. The first-order valence-electron chi connectivity index (χ1n) is 5.86. The molecule has 0 saturated carbocycles. The lowest BCUT2D eigenvalue weighted by Crippen LogP contribution is -2.33. The van der Waals surface area contributed by atoms with E-state index in [0.717, 1.165) is 0 Å². The molecule has 1 aromatic carbocycles. The topological polar surface area (TPSA) is 69.6 Å². The van der Waals surface area contributed by atoms with E-state index in [-0.39, 0.29) is 18.4 Å². The van der Waals surface area contributed by atoms with Gasteiger partial charge in [-0.15, -0.1) is 0 Å². The normalized spacial score (nSPS) is 9.94. The fourth-order valence-corrected chi connectivity index (χ4v) is 1.64. The second-order valence-electron chi connectivity index (χ2n) is 3.87. The van der Waals surface area contributed by atoms with Gasteiger partial charge < -0.3 is 15.3 Å². The van der Waals surface area contributed by atoms with Gasteiger partial charge in [0.15, 0.2) is 0 Å². The number of carbonyl (C=O) groups is 2. The predicted octanol–water partition coefficient (Wildman–Crippen LogP) is 1.10. The molecule has 0 unspecified atom stereocenters. The molecule has 2 amide bonds. The summed E-state index contributed by atoms with van der Waals surface area (Å²) in [6, 6.07) is 6.75. The van der Waals surface area contributed by atoms with Crippen LogP contribution >= 0.6 is 0 Å². The minimum absolute atomic E-state index is 0.0645. The van der Waals surface area contributed by atoms with Crippen LogP contribution in [0.1, 0.15) is 24.2 Å². The van der Waals surface area contributed by atoms with Crippen LogP contribution in [0.2, 0.25) is 0 Å². The molecule has 0 aromatic heterocycles. The van der Waals surface area contributed by atoms with Crippen LogP contribution in [-0.2, 0) is 4.79 Å². The van der Waals surface area contributed by atoms with Gasteiger partial charge in [-0.1, -0.05) is 6.07 Å². The van der Waals surface area contributed by atoms with E-state index in [9.17, 15) is 9.59 Å². The third kappa shape index (κ3) is 3.85. The van der Waals surface area contributed by atoms with Gasteiger partial charge in [-0.2, -0.15) is 0 Å². The maximum Gasteiger partial charge on any atom is 0.253 e. The van der Waals surface area contributed by atoms with Crippen LogP contribution in [0.3, 0.4) is 0 Å². The first-order valence-corrected chi connectivity index (χ1v) is 5.86. The van der Waals surface area contributed by atoms with Crippen molar-refractivity contribution < 1.29 is 14.7 Å². The molecule has 0 bridgehead atoms. The van der Waals surface area contributed by atoms with Crippen molar-refractivity contribution in [3.63, 3.8) is 0 Å². The zero-order valence-corrected chi connectivity index (χ0v) is 10.6. The largest absolute Gasteiger partial charge is 0.395 e. The van der Waals surface area contributed by atoms with E-state index >= 15 is 0 Å². The van der Waals surface area contributed by atoms with Gasteiger partial charge in [0.1, 0.15) is 0 Å². The first-order chi connectivity index (χ1) is 8.58. The third-order valence-electron chi connectivity index (χ3n) is 2.47. The Morgan fingerprint density at radius 2 is 2.11 bits per heavy atom. The molecule has 0 heterocycles. The molecule has 1 rings (SSSR count). The summed E-state index contributed by atoms with van der Waals surface area (Å²) in [5.41, 5.74) is 1.09. The number of nitrogens with one attached hydrogen (secondary N) is 1. The van der Waals surface area contributed by atoms with Crippen molar-refractivity contribution >= 4 is 17.5 Å². The van der Waals surface area contributed by atoms with Gasteiger partial charge in [-0.05, 0) is 25.1 Å². The number of carbonyl (C=O) groups excluding carboxylic acids is 2. The average molecular weight is 250 g/mol. The molecule has 18 heavy (non-hydrogen) atoms. The standard InChI is InChI=1S/C13H18N2O3/c1-3-15(7-8-16)13(18)11-5-4-6-12(9-11)14-10(2)17/h4-6,9,16H,3,7-8H2,1-2H3,(H,14,17). The molecule has 0 radical (unpaired) electrons. The number of nitrogens with zero attached hydrogens (tertiary/aromatic N) is 1. The number of aliphatic hydroxyl groups excluding tert-OH is 1. The molecule has 0 fully saturated rings. The van der Waals surface area contributed by atoms with E-state index in [2.05, 4.69) is 5.32 Å². The van der Waals surface area contributed by atoms with Crippen LogP contribution in [0.25, 0.3) is 0 Å². The summed E-state index contributed by atoms with van der Waals surface area (Å²) in [5.74, 6) is -0.332. The van der Waals surface area contributed by atoms with Gasteiger partial charge in [0.25, 0.3) is 5.91 Å². The summed E-state index contributed by atoms with van der Waals surface area (Å²) in [5, 5.41) is 11.5. The zero-order valence-electron chi connectivity index (χ0n) is 10.6. The van der Waals surface area contributed by atoms with Crippen LogP contribution in [-0.4, -0.2) is 41.5 Å². The van der Waals surface area contributed by atoms with E-state index in [1.807, 2.05) is 6.92 Å². The molecular weight excluding hydrogens is 232 g/mol. The average Bonchev–Trinajstić information content (AvgIpc) is 2.34. The molecule has 0 saturated heterocycles. The van der Waals surface area contributed by atoms with Crippen molar-refractivity contribution in [3.8, 4) is 0 Å². The highest BCUT2D eigenvalue weighted by molar-refractivity contribution is 5.96. The van der Waals surface area contributed by atoms with Crippen LogP contribution in [0, 0.1) is 0 Å². The van der Waals surface area contributed by atoms with Crippen molar-refractivity contribution in [2.45, 2.75) is 13.8 Å². The van der Waals surface area contributed by atoms with Gasteiger partial charge >= 0.3 is 0 Å². The Labute approximate surface area is 106 Å². The van der Waals surface area contributed by atoms with E-state index in [4.69, 9.17) is 5.11 Å². The molecule has 0 aliphatic carbocycles. The van der Waals surface area contributed by atoms with Gasteiger partial charge in [0.2, 0.25) is 5.91 Å². The SMILES string of the molecule is CCN(CCO)C(=O)c1cccc(NC(C)=O)c1. The minimum atomic E-state index is -0.178. The van der Waals surface area contributed by atoms with Crippen molar-refractivity contribution in [2.24, 2.45) is 0 Å². The number of hydrogen-bond acceptors (Lipinski definition) is 3. The third-order valence-corrected chi connectivity index (χ3v) is 2.47. The molecule has 1 aromatic rings. The summed E-state index contributed by atoms with van der Waals surface area (Å²) in [7, 11) is 0. The van der Waals surface area contributed by atoms with Crippen LogP contribution in [0.5, 0.6) is 0 Å². The molecule has 0 aliphatic rings. The Morgan fingerprint density at radius 1 is 1.39 bits per heavy atom. The quantitative estimate of drug-likeness (QED) is 0.822. The van der Waals surface area contributed by atoms with Crippen molar-refractivity contribution in [2.75, 3.05) is 25.0 Å². The number of rotatable bonds is 5. The molecule has 98 valence electrons. The number of aliphatic hydroxyl groups is 1. The van der Waals surface area contributed by atoms with E-state index in [0.29, 0.717) is 24.3 Å². The Bertz CT molecular complexity index is 432. The Morgan fingerprint density at radius 3 is 2.67 bits per heavy atom. The smallest absolute Gasteiger partial charge is 0.253 e. The summed E-state index contributed by atoms with van der Waals surface area (Å²) in [4.78, 5) is 24.6. The highest BCUT2D eigenvalue weighted by Gasteiger charge is 2.13. The maximum atomic E-state index is 12.1. The number of likely N-dealkylation sites (N-methyl/N-ethyl adjacent to an activating group) is 1. The monoisotopic (exact) mass is 250 g/mol. The molecule has 5 heteroatoms. The molecule has 5 nitrogen and oxygen atoms in total. The molecule has 0 spiro atoms. The Hall–Kier alpha value is -1.88.